The third-order valence-electron chi connectivity index (χ3n) is 2.10. The molecule has 15 heavy (non-hydrogen) atoms. The number of benzene rings is 1. The third kappa shape index (κ3) is 1.62. The van der Waals surface area contributed by atoms with E-state index < -0.39 is 23.5 Å². The van der Waals surface area contributed by atoms with Crippen LogP contribution in [0.5, 0.6) is 0 Å². The molecule has 1 aromatic carbocycles. The lowest BCUT2D eigenvalue weighted by atomic mass is 10.1. The Balaban J connectivity index is 2.42. The van der Waals surface area contributed by atoms with Crippen molar-refractivity contribution in [3.63, 3.8) is 0 Å². The SMILES string of the molecule is NC1=N[C@H](c2ccc(F)c(F)c2F)CO1. The van der Waals surface area contributed by atoms with E-state index in [1.54, 1.807) is 0 Å². The molecule has 0 bridgehead atoms. The zero-order valence-electron chi connectivity index (χ0n) is 7.51. The molecule has 1 aliphatic heterocycles. The molecule has 1 atom stereocenters. The van der Waals surface area contributed by atoms with Gasteiger partial charge in [-0.1, -0.05) is 6.07 Å². The molecule has 0 fully saturated rings. The van der Waals surface area contributed by atoms with Gasteiger partial charge in [-0.2, -0.15) is 0 Å². The maximum Gasteiger partial charge on any atom is 0.282 e. The number of hydrogen-bond acceptors (Lipinski definition) is 3. The van der Waals surface area contributed by atoms with Gasteiger partial charge in [-0.05, 0) is 6.07 Å². The van der Waals surface area contributed by atoms with Gasteiger partial charge in [0.15, 0.2) is 17.5 Å². The highest BCUT2D eigenvalue weighted by molar-refractivity contribution is 5.73. The fourth-order valence-electron chi connectivity index (χ4n) is 1.35. The van der Waals surface area contributed by atoms with Gasteiger partial charge >= 0.3 is 0 Å². The molecule has 0 spiro atoms. The van der Waals surface area contributed by atoms with Gasteiger partial charge < -0.3 is 10.5 Å². The zero-order chi connectivity index (χ0) is 11.0. The van der Waals surface area contributed by atoms with E-state index in [4.69, 9.17) is 10.5 Å². The van der Waals surface area contributed by atoms with Crippen molar-refractivity contribution in [2.45, 2.75) is 6.04 Å². The van der Waals surface area contributed by atoms with E-state index in [2.05, 4.69) is 4.99 Å². The van der Waals surface area contributed by atoms with E-state index >= 15 is 0 Å². The first kappa shape index (κ1) is 9.82. The van der Waals surface area contributed by atoms with Crippen molar-refractivity contribution in [2.75, 3.05) is 6.61 Å². The predicted octanol–water partition coefficient (Wildman–Crippen LogP) is 1.49. The second-order valence-electron chi connectivity index (χ2n) is 3.06. The lowest BCUT2D eigenvalue weighted by Crippen LogP contribution is -2.10. The smallest absolute Gasteiger partial charge is 0.282 e. The van der Waals surface area contributed by atoms with Gasteiger partial charge in [0.25, 0.3) is 6.02 Å². The Kier molecular flexibility index (Phi) is 2.26. The normalized spacial score (nSPS) is 19.9. The largest absolute Gasteiger partial charge is 0.463 e. The quantitative estimate of drug-likeness (QED) is 0.723. The minimum absolute atomic E-state index is 0.0355. The summed E-state index contributed by atoms with van der Waals surface area (Å²) in [6, 6.07) is 1.19. The van der Waals surface area contributed by atoms with Crippen LogP contribution in [0.1, 0.15) is 11.6 Å². The third-order valence-corrected chi connectivity index (χ3v) is 2.10. The van der Waals surface area contributed by atoms with Crippen molar-refractivity contribution in [1.82, 2.24) is 0 Å². The van der Waals surface area contributed by atoms with Gasteiger partial charge in [-0.3, -0.25) is 0 Å². The van der Waals surface area contributed by atoms with Crippen LogP contribution >= 0.6 is 0 Å². The van der Waals surface area contributed by atoms with Gasteiger partial charge in [0.05, 0.1) is 0 Å². The second kappa shape index (κ2) is 3.45. The first-order valence-electron chi connectivity index (χ1n) is 4.19. The Morgan fingerprint density at radius 3 is 2.60 bits per heavy atom. The summed E-state index contributed by atoms with van der Waals surface area (Å²) in [7, 11) is 0. The number of aliphatic imine (C=N–C) groups is 1. The first-order valence-corrected chi connectivity index (χ1v) is 4.19. The number of nitrogens with zero attached hydrogens (tertiary/aromatic N) is 1. The Hall–Kier alpha value is -1.72. The molecule has 0 unspecified atom stereocenters. The van der Waals surface area contributed by atoms with Gasteiger partial charge in [-0.25, -0.2) is 18.2 Å². The topological polar surface area (TPSA) is 47.6 Å². The fraction of sp³-hybridized carbons (Fsp3) is 0.222. The summed E-state index contributed by atoms with van der Waals surface area (Å²) in [5, 5.41) is 0. The molecule has 1 heterocycles. The molecule has 3 nitrogen and oxygen atoms in total. The Bertz CT molecular complexity index is 434. The molecule has 80 valence electrons. The maximum absolute atomic E-state index is 13.3. The van der Waals surface area contributed by atoms with Crippen LogP contribution in [0.2, 0.25) is 0 Å². The number of amidine groups is 1. The van der Waals surface area contributed by atoms with Gasteiger partial charge in [0.2, 0.25) is 0 Å². The van der Waals surface area contributed by atoms with E-state index in [0.29, 0.717) is 0 Å². The molecule has 0 aromatic heterocycles. The predicted molar refractivity (Wildman–Crippen MR) is 46.6 cm³/mol. The Morgan fingerprint density at radius 2 is 2.00 bits per heavy atom. The molecule has 0 amide bonds. The molecule has 6 heteroatoms. The van der Waals surface area contributed by atoms with Crippen molar-refractivity contribution >= 4 is 6.02 Å². The highest BCUT2D eigenvalue weighted by atomic mass is 19.2. The molecule has 0 saturated heterocycles. The van der Waals surface area contributed by atoms with Crippen molar-refractivity contribution in [3.05, 3.63) is 35.1 Å². The van der Waals surface area contributed by atoms with E-state index in [1.165, 1.54) is 0 Å². The van der Waals surface area contributed by atoms with Crippen LogP contribution in [0.25, 0.3) is 0 Å². The van der Waals surface area contributed by atoms with Crippen LogP contribution in [0.3, 0.4) is 0 Å². The molecular formula is C9H7F3N2O. The minimum Gasteiger partial charge on any atom is -0.463 e. The highest BCUT2D eigenvalue weighted by Crippen LogP contribution is 2.26. The van der Waals surface area contributed by atoms with Crippen molar-refractivity contribution < 1.29 is 17.9 Å². The summed E-state index contributed by atoms with van der Waals surface area (Å²) in [5.41, 5.74) is 5.16. The van der Waals surface area contributed by atoms with Crippen molar-refractivity contribution in [1.29, 1.82) is 0 Å². The maximum atomic E-state index is 13.3. The summed E-state index contributed by atoms with van der Waals surface area (Å²) < 4.78 is 43.5. The average molecular weight is 216 g/mol. The van der Waals surface area contributed by atoms with Crippen LogP contribution in [-0.4, -0.2) is 12.6 Å². The molecule has 0 aliphatic carbocycles. The molecule has 2 N–H and O–H groups in total. The molecule has 1 aliphatic rings. The first-order chi connectivity index (χ1) is 7.09. The summed E-state index contributed by atoms with van der Waals surface area (Å²) in [6.07, 6.45) is 0. The molecule has 1 aromatic rings. The Labute approximate surface area is 83.4 Å². The highest BCUT2D eigenvalue weighted by Gasteiger charge is 2.24. The monoisotopic (exact) mass is 216 g/mol. The minimum atomic E-state index is -1.51. The number of rotatable bonds is 1. The van der Waals surface area contributed by atoms with E-state index in [9.17, 15) is 13.2 Å². The van der Waals surface area contributed by atoms with Crippen LogP contribution in [0, 0.1) is 17.5 Å². The summed E-state index contributed by atoms with van der Waals surface area (Å²) in [4.78, 5) is 3.73. The summed E-state index contributed by atoms with van der Waals surface area (Å²) >= 11 is 0. The standard InChI is InChI=1S/C9H7F3N2O/c10-5-2-1-4(7(11)8(5)12)6-3-15-9(13)14-6/h1-2,6H,3H2,(H2,13,14)/t6-/m0/s1. The number of hydrogen-bond donors (Lipinski definition) is 1. The molecule has 0 saturated carbocycles. The lowest BCUT2D eigenvalue weighted by molar-refractivity contribution is 0.310. The van der Waals surface area contributed by atoms with Crippen LogP contribution < -0.4 is 5.73 Å². The van der Waals surface area contributed by atoms with E-state index in [0.717, 1.165) is 12.1 Å². The number of ether oxygens (including phenoxy) is 1. The molecule has 0 radical (unpaired) electrons. The fourth-order valence-corrected chi connectivity index (χ4v) is 1.35. The number of nitrogens with two attached hydrogens (primary N) is 1. The molecular weight excluding hydrogens is 209 g/mol. The van der Waals surface area contributed by atoms with Gasteiger partial charge in [-0.15, -0.1) is 0 Å². The van der Waals surface area contributed by atoms with Crippen LogP contribution in [0.15, 0.2) is 17.1 Å². The summed E-state index contributed by atoms with van der Waals surface area (Å²) in [5.74, 6) is -3.98. The van der Waals surface area contributed by atoms with Gasteiger partial charge in [0, 0.05) is 5.56 Å². The average Bonchev–Trinajstić information content (AvgIpc) is 2.61. The van der Waals surface area contributed by atoms with Crippen molar-refractivity contribution in [2.24, 2.45) is 10.7 Å². The summed E-state index contributed by atoms with van der Waals surface area (Å²) in [6.45, 7) is 0.0355. The van der Waals surface area contributed by atoms with E-state index in [1.807, 2.05) is 0 Å². The number of halogens is 3. The second-order valence-corrected chi connectivity index (χ2v) is 3.06. The van der Waals surface area contributed by atoms with Gasteiger partial charge in [0.1, 0.15) is 12.6 Å². The zero-order valence-corrected chi connectivity index (χ0v) is 7.51. The van der Waals surface area contributed by atoms with E-state index in [-0.39, 0.29) is 18.2 Å². The Morgan fingerprint density at radius 1 is 1.27 bits per heavy atom. The lowest BCUT2D eigenvalue weighted by Gasteiger charge is -2.07. The van der Waals surface area contributed by atoms with Crippen LogP contribution in [-0.2, 0) is 4.74 Å². The molecule has 2 rings (SSSR count). The van der Waals surface area contributed by atoms with Crippen LogP contribution in [0.4, 0.5) is 13.2 Å². The van der Waals surface area contributed by atoms with Crippen molar-refractivity contribution in [3.8, 4) is 0 Å².